The summed E-state index contributed by atoms with van der Waals surface area (Å²) in [6, 6.07) is 0. The third-order valence-electron chi connectivity index (χ3n) is 5.01. The van der Waals surface area contributed by atoms with Crippen LogP contribution in [0.15, 0.2) is 0 Å². The van der Waals surface area contributed by atoms with Crippen molar-refractivity contribution in [1.29, 1.82) is 0 Å². The number of aryl methyl sites for hydroxylation is 1. The molecule has 1 N–H and O–H groups in total. The number of thiocarbonyl (C=S) groups is 1. The Labute approximate surface area is 159 Å². The molecule has 1 aromatic rings. The lowest BCUT2D eigenvalue weighted by molar-refractivity contribution is 0.0527. The zero-order chi connectivity index (χ0) is 17.6. The summed E-state index contributed by atoms with van der Waals surface area (Å²) in [5, 5.41) is 5.04. The molecule has 1 aliphatic carbocycles. The summed E-state index contributed by atoms with van der Waals surface area (Å²) >= 11 is 7.36. The number of likely N-dealkylation sites (tertiary alicyclic amines) is 1. The van der Waals surface area contributed by atoms with Crippen LogP contribution < -0.4 is 5.32 Å². The fourth-order valence-electron chi connectivity index (χ4n) is 3.70. The van der Waals surface area contributed by atoms with Crippen molar-refractivity contribution in [3.8, 4) is 0 Å². The molecule has 0 spiro atoms. The summed E-state index contributed by atoms with van der Waals surface area (Å²) in [7, 11) is 0. The zero-order valence-corrected chi connectivity index (χ0v) is 16.7. The summed E-state index contributed by atoms with van der Waals surface area (Å²) in [6.45, 7) is 4.27. The normalized spacial score (nSPS) is 18.0. The lowest BCUT2D eigenvalue weighted by atomic mass is 10.1. The highest BCUT2D eigenvalue weighted by Gasteiger charge is 2.26. The van der Waals surface area contributed by atoms with Gasteiger partial charge in [0.05, 0.1) is 12.2 Å². The van der Waals surface area contributed by atoms with Crippen molar-refractivity contribution in [2.45, 2.75) is 64.7 Å². The van der Waals surface area contributed by atoms with Gasteiger partial charge in [-0.3, -0.25) is 0 Å². The first-order chi connectivity index (χ1) is 12.2. The molecule has 0 amide bonds. The predicted molar refractivity (Wildman–Crippen MR) is 108 cm³/mol. The molecule has 2 aliphatic rings. The Morgan fingerprint density at radius 1 is 1.12 bits per heavy atom. The summed E-state index contributed by atoms with van der Waals surface area (Å²) in [6.07, 6.45) is 10.5. The lowest BCUT2D eigenvalue weighted by Crippen LogP contribution is -2.35. The van der Waals surface area contributed by atoms with Crippen LogP contribution in [0.5, 0.6) is 0 Å². The summed E-state index contributed by atoms with van der Waals surface area (Å²) < 4.78 is 5.35. The van der Waals surface area contributed by atoms with Crippen LogP contribution in [0.3, 0.4) is 0 Å². The van der Waals surface area contributed by atoms with E-state index in [2.05, 4.69) is 10.2 Å². The molecule has 0 saturated carbocycles. The van der Waals surface area contributed by atoms with Crippen molar-refractivity contribution in [2.24, 2.45) is 0 Å². The van der Waals surface area contributed by atoms with E-state index < -0.39 is 0 Å². The largest absolute Gasteiger partial charge is 0.462 e. The minimum absolute atomic E-state index is 0.205. The van der Waals surface area contributed by atoms with Crippen LogP contribution in [0.25, 0.3) is 0 Å². The van der Waals surface area contributed by atoms with Crippen molar-refractivity contribution in [3.63, 3.8) is 0 Å². The van der Waals surface area contributed by atoms with Crippen LogP contribution >= 0.6 is 23.6 Å². The third-order valence-corrected chi connectivity index (χ3v) is 6.58. The van der Waals surface area contributed by atoms with Gasteiger partial charge in [0.25, 0.3) is 0 Å². The molecule has 0 unspecified atom stereocenters. The number of anilines is 1. The van der Waals surface area contributed by atoms with Crippen molar-refractivity contribution >= 4 is 39.6 Å². The molecule has 4 nitrogen and oxygen atoms in total. The van der Waals surface area contributed by atoms with Gasteiger partial charge in [-0.15, -0.1) is 11.3 Å². The second kappa shape index (κ2) is 8.99. The highest BCUT2D eigenvalue weighted by molar-refractivity contribution is 7.80. The molecular formula is C19H28N2O2S2. The van der Waals surface area contributed by atoms with Gasteiger partial charge < -0.3 is 15.0 Å². The van der Waals surface area contributed by atoms with Gasteiger partial charge in [0.15, 0.2) is 5.11 Å². The van der Waals surface area contributed by atoms with Gasteiger partial charge in [-0.2, -0.15) is 0 Å². The molecule has 25 heavy (non-hydrogen) atoms. The van der Waals surface area contributed by atoms with Gasteiger partial charge >= 0.3 is 5.97 Å². The first-order valence-corrected chi connectivity index (χ1v) is 10.8. The van der Waals surface area contributed by atoms with E-state index in [4.69, 9.17) is 17.0 Å². The first kappa shape index (κ1) is 18.6. The number of hydrogen-bond acceptors (Lipinski definition) is 4. The molecule has 1 saturated heterocycles. The molecule has 0 radical (unpaired) electrons. The topological polar surface area (TPSA) is 41.6 Å². The van der Waals surface area contributed by atoms with Crippen molar-refractivity contribution in [1.82, 2.24) is 4.90 Å². The SMILES string of the molecule is CCOC(=O)c1c(NC(=S)N2CCCCCC2)sc2c1CCCCC2. The summed E-state index contributed by atoms with van der Waals surface area (Å²) in [5.74, 6) is -0.205. The van der Waals surface area contributed by atoms with Crippen LogP contribution in [-0.4, -0.2) is 35.7 Å². The van der Waals surface area contributed by atoms with E-state index in [0.29, 0.717) is 6.61 Å². The second-order valence-corrected chi connectivity index (χ2v) is 8.31. The maximum atomic E-state index is 12.6. The van der Waals surface area contributed by atoms with E-state index in [-0.39, 0.29) is 5.97 Å². The Morgan fingerprint density at radius 3 is 2.52 bits per heavy atom. The second-order valence-electron chi connectivity index (χ2n) is 6.82. The number of ether oxygens (including phenoxy) is 1. The molecule has 0 atom stereocenters. The smallest absolute Gasteiger partial charge is 0.341 e. The molecule has 0 aromatic carbocycles. The number of rotatable bonds is 3. The molecule has 0 bridgehead atoms. The van der Waals surface area contributed by atoms with Crippen LogP contribution in [0.2, 0.25) is 0 Å². The number of esters is 1. The summed E-state index contributed by atoms with van der Waals surface area (Å²) in [5.41, 5.74) is 1.93. The first-order valence-electron chi connectivity index (χ1n) is 9.58. The number of nitrogens with zero attached hydrogens (tertiary/aromatic N) is 1. The summed E-state index contributed by atoms with van der Waals surface area (Å²) in [4.78, 5) is 16.2. The van der Waals surface area contributed by atoms with Crippen LogP contribution in [0.1, 0.15) is 72.7 Å². The van der Waals surface area contributed by atoms with Gasteiger partial charge in [0.1, 0.15) is 5.00 Å². The van der Waals surface area contributed by atoms with E-state index in [0.717, 1.165) is 48.0 Å². The minimum atomic E-state index is -0.205. The number of fused-ring (bicyclic) bond motifs is 1. The maximum absolute atomic E-state index is 12.6. The molecule has 1 aromatic heterocycles. The van der Waals surface area contributed by atoms with Crippen molar-refractivity contribution < 1.29 is 9.53 Å². The van der Waals surface area contributed by atoms with Crippen LogP contribution in [0.4, 0.5) is 5.00 Å². The number of carbonyl (C=O) groups is 1. The molecular weight excluding hydrogens is 352 g/mol. The third kappa shape index (κ3) is 4.53. The van der Waals surface area contributed by atoms with Gasteiger partial charge in [-0.25, -0.2) is 4.79 Å². The molecule has 2 heterocycles. The van der Waals surface area contributed by atoms with Gasteiger partial charge in [0, 0.05) is 18.0 Å². The highest BCUT2D eigenvalue weighted by atomic mass is 32.1. The number of thiophene rings is 1. The van der Waals surface area contributed by atoms with E-state index in [1.807, 2.05) is 6.92 Å². The average Bonchev–Trinajstić information content (AvgIpc) is 2.83. The van der Waals surface area contributed by atoms with Crippen LogP contribution in [0, 0.1) is 0 Å². The number of hydrogen-bond donors (Lipinski definition) is 1. The molecule has 138 valence electrons. The Balaban J connectivity index is 1.84. The fourth-order valence-corrected chi connectivity index (χ4v) is 5.33. The van der Waals surface area contributed by atoms with E-state index in [1.165, 1.54) is 49.0 Å². The van der Waals surface area contributed by atoms with E-state index in [1.54, 1.807) is 11.3 Å². The Bertz CT molecular complexity index is 619. The standard InChI is InChI=1S/C19H28N2O2S2/c1-2-23-18(22)16-14-10-6-5-7-11-15(14)25-17(16)20-19(24)21-12-8-3-4-9-13-21/h2-13H2,1H3,(H,20,24). The lowest BCUT2D eigenvalue weighted by Gasteiger charge is -2.23. The molecule has 1 aliphatic heterocycles. The quantitative estimate of drug-likeness (QED) is 0.465. The Hall–Kier alpha value is -1.14. The van der Waals surface area contributed by atoms with Crippen molar-refractivity contribution in [3.05, 3.63) is 16.0 Å². The molecule has 3 rings (SSSR count). The Morgan fingerprint density at radius 2 is 1.80 bits per heavy atom. The van der Waals surface area contributed by atoms with Gasteiger partial charge in [0.2, 0.25) is 0 Å². The average molecular weight is 381 g/mol. The number of nitrogens with one attached hydrogen (secondary N) is 1. The highest BCUT2D eigenvalue weighted by Crippen LogP contribution is 2.38. The minimum Gasteiger partial charge on any atom is -0.462 e. The Kier molecular flexibility index (Phi) is 6.70. The zero-order valence-electron chi connectivity index (χ0n) is 15.1. The van der Waals surface area contributed by atoms with Crippen molar-refractivity contribution in [2.75, 3.05) is 25.0 Å². The van der Waals surface area contributed by atoms with E-state index >= 15 is 0 Å². The molecule has 1 fully saturated rings. The monoisotopic (exact) mass is 380 g/mol. The van der Waals surface area contributed by atoms with Gasteiger partial charge in [-0.05, 0) is 63.2 Å². The van der Waals surface area contributed by atoms with E-state index in [9.17, 15) is 4.79 Å². The maximum Gasteiger partial charge on any atom is 0.341 e. The van der Waals surface area contributed by atoms with Gasteiger partial charge in [-0.1, -0.05) is 19.3 Å². The number of carbonyl (C=O) groups excluding carboxylic acids is 1. The fraction of sp³-hybridized carbons (Fsp3) is 0.684. The predicted octanol–water partition coefficient (Wildman–Crippen LogP) is 4.77. The molecule has 6 heteroatoms. The van der Waals surface area contributed by atoms with Crippen LogP contribution in [-0.2, 0) is 17.6 Å².